The van der Waals surface area contributed by atoms with E-state index in [0.29, 0.717) is 11.1 Å². The summed E-state index contributed by atoms with van der Waals surface area (Å²) in [5.74, 6) is 0.133. The zero-order valence-corrected chi connectivity index (χ0v) is 11.3. The third kappa shape index (κ3) is 2.66. The molecule has 2 rings (SSSR count). The molecule has 0 unspecified atom stereocenters. The Balaban J connectivity index is 2.01. The first-order valence-corrected chi connectivity index (χ1v) is 6.69. The highest BCUT2D eigenvalue weighted by Crippen LogP contribution is 2.34. The van der Waals surface area contributed by atoms with Gasteiger partial charge in [0.25, 0.3) is 5.91 Å². The van der Waals surface area contributed by atoms with Gasteiger partial charge in [0.05, 0.1) is 0 Å². The van der Waals surface area contributed by atoms with Gasteiger partial charge in [-0.15, -0.1) is 0 Å². The van der Waals surface area contributed by atoms with Gasteiger partial charge in [-0.25, -0.2) is 0 Å². The van der Waals surface area contributed by atoms with Gasteiger partial charge < -0.3 is 10.6 Å². The predicted molar refractivity (Wildman–Crippen MR) is 74.4 cm³/mol. The lowest BCUT2D eigenvalue weighted by Crippen LogP contribution is -2.41. The molecule has 2 N–H and O–H groups in total. The second kappa shape index (κ2) is 5.01. The molecule has 0 radical (unpaired) electrons. The molecule has 0 bridgehead atoms. The first kappa shape index (κ1) is 12.9. The van der Waals surface area contributed by atoms with Crippen LogP contribution in [-0.2, 0) is 0 Å². The summed E-state index contributed by atoms with van der Waals surface area (Å²) in [7, 11) is 0. The lowest BCUT2D eigenvalue weighted by molar-refractivity contribution is 0.0600. The van der Waals surface area contributed by atoms with E-state index in [1.165, 1.54) is 6.42 Å². The van der Waals surface area contributed by atoms with Crippen LogP contribution in [0.5, 0.6) is 0 Å². The minimum atomic E-state index is 0.133. The molecule has 0 aliphatic carbocycles. The Morgan fingerprint density at radius 3 is 2.33 bits per heavy atom. The van der Waals surface area contributed by atoms with Gasteiger partial charge in [-0.3, -0.25) is 4.79 Å². The Morgan fingerprint density at radius 1 is 1.28 bits per heavy atom. The van der Waals surface area contributed by atoms with Crippen LogP contribution in [0, 0.1) is 5.41 Å². The van der Waals surface area contributed by atoms with Crippen molar-refractivity contribution in [3.05, 3.63) is 29.8 Å². The monoisotopic (exact) mass is 246 g/mol. The third-order valence-corrected chi connectivity index (χ3v) is 4.27. The highest BCUT2D eigenvalue weighted by Gasteiger charge is 2.30. The number of hydrogen-bond donors (Lipinski definition) is 1. The van der Waals surface area contributed by atoms with Gasteiger partial charge in [-0.05, 0) is 42.5 Å². The lowest BCUT2D eigenvalue weighted by Gasteiger charge is -2.39. The molecule has 1 aliphatic rings. The number of carbonyl (C=O) groups is 1. The van der Waals surface area contributed by atoms with E-state index in [1.54, 1.807) is 12.1 Å². The topological polar surface area (TPSA) is 46.3 Å². The summed E-state index contributed by atoms with van der Waals surface area (Å²) in [6.45, 7) is 6.29. The minimum absolute atomic E-state index is 0.133. The number of nitrogens with zero attached hydrogens (tertiary/aromatic N) is 1. The molecule has 0 spiro atoms. The van der Waals surface area contributed by atoms with Crippen LogP contribution in [0.4, 0.5) is 5.69 Å². The number of hydrogen-bond acceptors (Lipinski definition) is 2. The second-order valence-electron chi connectivity index (χ2n) is 5.58. The van der Waals surface area contributed by atoms with Crippen molar-refractivity contribution in [2.24, 2.45) is 5.41 Å². The van der Waals surface area contributed by atoms with Gasteiger partial charge in [-0.1, -0.05) is 20.3 Å². The van der Waals surface area contributed by atoms with Crippen molar-refractivity contribution in [3.63, 3.8) is 0 Å². The zero-order valence-electron chi connectivity index (χ0n) is 11.3. The molecule has 3 nitrogen and oxygen atoms in total. The second-order valence-corrected chi connectivity index (χ2v) is 5.58. The average molecular weight is 246 g/mol. The first-order chi connectivity index (χ1) is 8.54. The van der Waals surface area contributed by atoms with Gasteiger partial charge in [0.1, 0.15) is 0 Å². The first-order valence-electron chi connectivity index (χ1n) is 6.69. The van der Waals surface area contributed by atoms with E-state index in [9.17, 15) is 4.79 Å². The quantitative estimate of drug-likeness (QED) is 0.815. The van der Waals surface area contributed by atoms with Crippen molar-refractivity contribution in [3.8, 4) is 0 Å². The molecule has 18 heavy (non-hydrogen) atoms. The number of nitrogens with two attached hydrogens (primary N) is 1. The van der Waals surface area contributed by atoms with Gasteiger partial charge in [-0.2, -0.15) is 0 Å². The molecule has 1 aliphatic heterocycles. The van der Waals surface area contributed by atoms with E-state index in [1.807, 2.05) is 17.0 Å². The average Bonchev–Trinajstić information content (AvgIpc) is 2.40. The van der Waals surface area contributed by atoms with Crippen LogP contribution >= 0.6 is 0 Å². The lowest BCUT2D eigenvalue weighted by atomic mass is 9.78. The smallest absolute Gasteiger partial charge is 0.253 e. The molecular formula is C15H22N2O. The molecule has 1 aromatic rings. The van der Waals surface area contributed by atoms with Crippen molar-refractivity contribution in [2.75, 3.05) is 18.8 Å². The maximum absolute atomic E-state index is 12.3. The summed E-state index contributed by atoms with van der Waals surface area (Å²) >= 11 is 0. The number of carbonyl (C=O) groups excluding carboxylic acids is 1. The molecule has 1 saturated heterocycles. The Labute approximate surface area is 109 Å². The summed E-state index contributed by atoms with van der Waals surface area (Å²) in [4.78, 5) is 14.3. The van der Waals surface area contributed by atoms with Gasteiger partial charge in [0, 0.05) is 24.3 Å². The molecule has 0 atom stereocenters. The van der Waals surface area contributed by atoms with E-state index in [0.717, 1.165) is 31.5 Å². The molecule has 1 heterocycles. The number of piperidine rings is 1. The fourth-order valence-corrected chi connectivity index (χ4v) is 2.41. The molecule has 3 heteroatoms. The summed E-state index contributed by atoms with van der Waals surface area (Å²) in [6, 6.07) is 7.19. The molecule has 1 fully saturated rings. The molecular weight excluding hydrogens is 224 g/mol. The molecule has 98 valence electrons. The summed E-state index contributed by atoms with van der Waals surface area (Å²) in [6.07, 6.45) is 3.39. The van der Waals surface area contributed by atoms with Crippen LogP contribution in [0.2, 0.25) is 0 Å². The normalized spacial score (nSPS) is 18.7. The van der Waals surface area contributed by atoms with E-state index in [2.05, 4.69) is 13.8 Å². The van der Waals surface area contributed by atoms with Crippen molar-refractivity contribution in [1.82, 2.24) is 4.90 Å². The zero-order chi connectivity index (χ0) is 13.2. The van der Waals surface area contributed by atoms with E-state index >= 15 is 0 Å². The van der Waals surface area contributed by atoms with Crippen molar-refractivity contribution in [1.29, 1.82) is 0 Å². The van der Waals surface area contributed by atoms with Crippen molar-refractivity contribution >= 4 is 11.6 Å². The maximum atomic E-state index is 12.3. The predicted octanol–water partition coefficient (Wildman–Crippen LogP) is 2.92. The SMILES string of the molecule is CCC1(C)CCN(C(=O)c2ccc(N)cc2)CC1. The molecule has 0 saturated carbocycles. The van der Waals surface area contributed by atoms with Crippen LogP contribution < -0.4 is 5.73 Å². The molecule has 0 aromatic heterocycles. The van der Waals surface area contributed by atoms with Gasteiger partial charge in [0.15, 0.2) is 0 Å². The number of amides is 1. The minimum Gasteiger partial charge on any atom is -0.399 e. The van der Waals surface area contributed by atoms with Crippen molar-refractivity contribution < 1.29 is 4.79 Å². The summed E-state index contributed by atoms with van der Waals surface area (Å²) in [5.41, 5.74) is 7.49. The molecule has 1 aromatic carbocycles. The van der Waals surface area contributed by atoms with E-state index in [4.69, 9.17) is 5.73 Å². The van der Waals surface area contributed by atoms with Crippen molar-refractivity contribution in [2.45, 2.75) is 33.1 Å². The Kier molecular flexibility index (Phi) is 3.60. The number of nitrogen functional groups attached to an aromatic ring is 1. The highest BCUT2D eigenvalue weighted by molar-refractivity contribution is 5.94. The third-order valence-electron chi connectivity index (χ3n) is 4.27. The van der Waals surface area contributed by atoms with E-state index in [-0.39, 0.29) is 5.91 Å². The van der Waals surface area contributed by atoms with Crippen LogP contribution in [-0.4, -0.2) is 23.9 Å². The number of anilines is 1. The Hall–Kier alpha value is -1.51. The summed E-state index contributed by atoms with van der Waals surface area (Å²) < 4.78 is 0. The Morgan fingerprint density at radius 2 is 1.83 bits per heavy atom. The molecule has 1 amide bonds. The highest BCUT2D eigenvalue weighted by atomic mass is 16.2. The van der Waals surface area contributed by atoms with E-state index < -0.39 is 0 Å². The van der Waals surface area contributed by atoms with Crippen LogP contribution in [0.15, 0.2) is 24.3 Å². The number of rotatable bonds is 2. The van der Waals surface area contributed by atoms with Gasteiger partial charge >= 0.3 is 0 Å². The van der Waals surface area contributed by atoms with Crippen LogP contribution in [0.1, 0.15) is 43.5 Å². The van der Waals surface area contributed by atoms with Gasteiger partial charge in [0.2, 0.25) is 0 Å². The standard InChI is InChI=1S/C15H22N2O/c1-3-15(2)8-10-17(11-9-15)14(18)12-4-6-13(16)7-5-12/h4-7H,3,8-11,16H2,1-2H3. The summed E-state index contributed by atoms with van der Waals surface area (Å²) in [5, 5.41) is 0. The van der Waals surface area contributed by atoms with Crippen LogP contribution in [0.25, 0.3) is 0 Å². The largest absolute Gasteiger partial charge is 0.399 e. The fourth-order valence-electron chi connectivity index (χ4n) is 2.41. The fraction of sp³-hybridized carbons (Fsp3) is 0.533. The number of benzene rings is 1. The van der Waals surface area contributed by atoms with Crippen LogP contribution in [0.3, 0.4) is 0 Å². The maximum Gasteiger partial charge on any atom is 0.253 e. The Bertz CT molecular complexity index is 417. The number of likely N-dealkylation sites (tertiary alicyclic amines) is 1.